The molecule has 2 saturated heterocycles. The number of hydrogen-bond acceptors (Lipinski definition) is 7. The lowest BCUT2D eigenvalue weighted by Crippen LogP contribution is -2.41. The van der Waals surface area contributed by atoms with Gasteiger partial charge in [0.2, 0.25) is 0 Å². The van der Waals surface area contributed by atoms with Crippen LogP contribution in [0, 0.1) is 5.92 Å². The van der Waals surface area contributed by atoms with E-state index < -0.39 is 6.09 Å². The topological polar surface area (TPSA) is 114 Å². The Labute approximate surface area is 186 Å². The van der Waals surface area contributed by atoms with Crippen molar-refractivity contribution < 1.29 is 14.6 Å². The van der Waals surface area contributed by atoms with Gasteiger partial charge in [-0.05, 0) is 50.6 Å². The Bertz CT molecular complexity index is 966. The second kappa shape index (κ2) is 10.1. The highest BCUT2D eigenvalue weighted by atomic mass is 16.5. The van der Waals surface area contributed by atoms with E-state index in [1.807, 2.05) is 0 Å². The highest BCUT2D eigenvalue weighted by Crippen LogP contribution is 2.23. The number of hydrogen-bond donors (Lipinski definition) is 1. The third kappa shape index (κ3) is 5.42. The normalized spacial score (nSPS) is 18.6. The number of ether oxygens (including phenoxy) is 1. The molecule has 0 unspecified atom stereocenters. The van der Waals surface area contributed by atoms with Crippen LogP contribution in [0.3, 0.4) is 0 Å². The van der Waals surface area contributed by atoms with Crippen molar-refractivity contribution in [3.8, 4) is 17.4 Å². The van der Waals surface area contributed by atoms with Gasteiger partial charge in [-0.2, -0.15) is 4.98 Å². The Morgan fingerprint density at radius 2 is 1.91 bits per heavy atom. The molecule has 10 nitrogen and oxygen atoms in total. The van der Waals surface area contributed by atoms with Gasteiger partial charge in [0.15, 0.2) is 0 Å². The summed E-state index contributed by atoms with van der Waals surface area (Å²) in [6.07, 6.45) is 7.03. The van der Waals surface area contributed by atoms with Crippen LogP contribution in [-0.4, -0.2) is 79.3 Å². The van der Waals surface area contributed by atoms with Crippen LogP contribution in [0.4, 0.5) is 4.79 Å². The van der Waals surface area contributed by atoms with Crippen molar-refractivity contribution in [3.05, 3.63) is 35.0 Å². The van der Waals surface area contributed by atoms with Gasteiger partial charge in [-0.1, -0.05) is 0 Å². The second-order valence-corrected chi connectivity index (χ2v) is 8.58. The van der Waals surface area contributed by atoms with Gasteiger partial charge >= 0.3 is 6.09 Å². The third-order valence-electron chi connectivity index (χ3n) is 6.48. The minimum Gasteiger partial charge on any atom is -0.465 e. The number of amides is 1. The molecule has 0 spiro atoms. The molecule has 0 aromatic carbocycles. The molecule has 0 saturated carbocycles. The number of carbonyl (C=O) groups is 1. The highest BCUT2D eigenvalue weighted by Gasteiger charge is 2.25. The van der Waals surface area contributed by atoms with Crippen LogP contribution in [0.25, 0.3) is 11.4 Å². The SMILES string of the molecule is Cn1c(OC2CCN(CCC3CCN(C(=O)O)CC3)CC2)nc(-c2ccncn2)cc1=O. The van der Waals surface area contributed by atoms with Crippen molar-refractivity contribution in [1.82, 2.24) is 29.3 Å². The van der Waals surface area contributed by atoms with Crippen molar-refractivity contribution in [1.29, 1.82) is 0 Å². The average Bonchev–Trinajstić information content (AvgIpc) is 2.82. The molecule has 0 atom stereocenters. The smallest absolute Gasteiger partial charge is 0.407 e. The lowest BCUT2D eigenvalue weighted by atomic mass is 9.93. The van der Waals surface area contributed by atoms with Crippen molar-refractivity contribution >= 4 is 6.09 Å². The van der Waals surface area contributed by atoms with E-state index in [0.29, 0.717) is 36.4 Å². The molecule has 4 heterocycles. The zero-order valence-corrected chi connectivity index (χ0v) is 18.4. The van der Waals surface area contributed by atoms with Gasteiger partial charge in [0.25, 0.3) is 11.6 Å². The summed E-state index contributed by atoms with van der Waals surface area (Å²) in [4.78, 5) is 40.0. The fourth-order valence-electron chi connectivity index (χ4n) is 4.38. The summed E-state index contributed by atoms with van der Waals surface area (Å²) in [7, 11) is 1.67. The largest absolute Gasteiger partial charge is 0.465 e. The molecule has 0 aliphatic carbocycles. The van der Waals surface area contributed by atoms with Gasteiger partial charge in [-0.25, -0.2) is 14.8 Å². The summed E-state index contributed by atoms with van der Waals surface area (Å²) in [6.45, 7) is 4.21. The van der Waals surface area contributed by atoms with Gasteiger partial charge < -0.3 is 19.6 Å². The Kier molecular flexibility index (Phi) is 6.99. The molecule has 4 rings (SSSR count). The third-order valence-corrected chi connectivity index (χ3v) is 6.48. The predicted molar refractivity (Wildman–Crippen MR) is 118 cm³/mol. The maximum Gasteiger partial charge on any atom is 0.407 e. The number of nitrogens with zero attached hydrogens (tertiary/aromatic N) is 6. The van der Waals surface area contributed by atoms with Gasteiger partial charge in [0.1, 0.15) is 12.4 Å². The number of likely N-dealkylation sites (tertiary alicyclic amines) is 2. The summed E-state index contributed by atoms with van der Waals surface area (Å²) >= 11 is 0. The van der Waals surface area contributed by atoms with E-state index in [1.54, 1.807) is 19.3 Å². The van der Waals surface area contributed by atoms with E-state index >= 15 is 0 Å². The second-order valence-electron chi connectivity index (χ2n) is 8.58. The number of rotatable bonds is 6. The molecule has 1 N–H and O–H groups in total. The minimum absolute atomic E-state index is 0.0174. The predicted octanol–water partition coefficient (Wildman–Crippen LogP) is 1.86. The summed E-state index contributed by atoms with van der Waals surface area (Å²) in [5, 5.41) is 9.07. The standard InChI is InChI=1S/C22H30N6O4/c1-26-20(29)14-19(18-2-8-23-15-24-18)25-21(26)32-17-6-10-27(11-7-17)9-3-16-4-12-28(13-5-16)22(30)31/h2,8,14-17H,3-7,9-13H2,1H3,(H,30,31). The molecule has 0 radical (unpaired) electrons. The molecule has 2 aromatic rings. The Morgan fingerprint density at radius 1 is 1.16 bits per heavy atom. The quantitative estimate of drug-likeness (QED) is 0.721. The molecule has 1 amide bonds. The Morgan fingerprint density at radius 3 is 2.56 bits per heavy atom. The first-order chi connectivity index (χ1) is 15.5. The van der Waals surface area contributed by atoms with Crippen molar-refractivity contribution in [3.63, 3.8) is 0 Å². The molecule has 2 aliphatic heterocycles. The van der Waals surface area contributed by atoms with Crippen molar-refractivity contribution in [2.75, 3.05) is 32.7 Å². The van der Waals surface area contributed by atoms with Gasteiger partial charge in [-0.3, -0.25) is 9.36 Å². The van der Waals surface area contributed by atoms with Crippen LogP contribution in [0.2, 0.25) is 0 Å². The fraction of sp³-hybridized carbons (Fsp3) is 0.591. The number of carboxylic acid groups (broad SMARTS) is 1. The lowest BCUT2D eigenvalue weighted by Gasteiger charge is -2.34. The summed E-state index contributed by atoms with van der Waals surface area (Å²) in [5.74, 6) is 0.600. The first kappa shape index (κ1) is 22.2. The van der Waals surface area contributed by atoms with Gasteiger partial charge in [-0.15, -0.1) is 0 Å². The zero-order chi connectivity index (χ0) is 22.5. The summed E-state index contributed by atoms with van der Waals surface area (Å²) < 4.78 is 7.56. The molecule has 2 aromatic heterocycles. The van der Waals surface area contributed by atoms with Crippen LogP contribution >= 0.6 is 0 Å². The van der Waals surface area contributed by atoms with Gasteiger partial charge in [0, 0.05) is 45.5 Å². The van der Waals surface area contributed by atoms with E-state index in [0.717, 1.165) is 51.7 Å². The van der Waals surface area contributed by atoms with Crippen LogP contribution < -0.4 is 10.3 Å². The maximum atomic E-state index is 12.4. The van der Waals surface area contributed by atoms with Crippen LogP contribution in [0.15, 0.2) is 29.5 Å². The molecular formula is C22H30N6O4. The maximum absolute atomic E-state index is 12.4. The first-order valence-electron chi connectivity index (χ1n) is 11.2. The Balaban J connectivity index is 1.27. The van der Waals surface area contributed by atoms with E-state index in [2.05, 4.69) is 19.9 Å². The van der Waals surface area contributed by atoms with E-state index in [1.165, 1.54) is 21.9 Å². The molecule has 0 bridgehead atoms. The highest BCUT2D eigenvalue weighted by molar-refractivity contribution is 5.64. The Hall–Kier alpha value is -3.01. The molecular weight excluding hydrogens is 412 g/mol. The monoisotopic (exact) mass is 442 g/mol. The first-order valence-corrected chi connectivity index (χ1v) is 11.2. The van der Waals surface area contributed by atoms with E-state index in [4.69, 9.17) is 9.84 Å². The molecule has 172 valence electrons. The van der Waals surface area contributed by atoms with Crippen LogP contribution in [0.5, 0.6) is 6.01 Å². The van der Waals surface area contributed by atoms with E-state index in [9.17, 15) is 9.59 Å². The molecule has 10 heteroatoms. The number of piperidine rings is 2. The summed E-state index contributed by atoms with van der Waals surface area (Å²) in [6, 6.07) is 3.49. The minimum atomic E-state index is -0.805. The average molecular weight is 443 g/mol. The zero-order valence-electron chi connectivity index (χ0n) is 18.4. The molecule has 2 fully saturated rings. The van der Waals surface area contributed by atoms with Crippen molar-refractivity contribution in [2.45, 2.75) is 38.2 Å². The van der Waals surface area contributed by atoms with Crippen molar-refractivity contribution in [2.24, 2.45) is 13.0 Å². The number of aromatic nitrogens is 4. The van der Waals surface area contributed by atoms with Gasteiger partial charge in [0.05, 0.1) is 11.4 Å². The van der Waals surface area contributed by atoms with E-state index in [-0.39, 0.29) is 11.7 Å². The fourth-order valence-corrected chi connectivity index (χ4v) is 4.38. The lowest BCUT2D eigenvalue weighted by molar-refractivity contribution is 0.0819. The molecule has 32 heavy (non-hydrogen) atoms. The van der Waals surface area contributed by atoms with Crippen LogP contribution in [0.1, 0.15) is 32.1 Å². The summed E-state index contributed by atoms with van der Waals surface area (Å²) in [5.41, 5.74) is 0.887. The van der Waals surface area contributed by atoms with Crippen LogP contribution in [-0.2, 0) is 7.05 Å². The molecule has 2 aliphatic rings.